The Bertz CT molecular complexity index is 611. The molecule has 7 nitrogen and oxygen atoms in total. The van der Waals surface area contributed by atoms with Gasteiger partial charge in [0.05, 0.1) is 7.11 Å². The van der Waals surface area contributed by atoms with Crippen LogP contribution < -0.4 is 4.74 Å². The maximum atomic E-state index is 13.3. The van der Waals surface area contributed by atoms with Crippen molar-refractivity contribution in [3.63, 3.8) is 0 Å². The Balaban J connectivity index is 2.04. The highest BCUT2D eigenvalue weighted by Crippen LogP contribution is 2.19. The first-order valence-electron chi connectivity index (χ1n) is 6.59. The number of piperazine rings is 1. The number of carboxylic acid groups (broad SMARTS) is 1. The first-order valence-corrected chi connectivity index (χ1v) is 6.59. The van der Waals surface area contributed by atoms with Crippen molar-refractivity contribution in [2.45, 2.75) is 0 Å². The summed E-state index contributed by atoms with van der Waals surface area (Å²) in [5.41, 5.74) is 0.274. The van der Waals surface area contributed by atoms with E-state index >= 15 is 0 Å². The first kappa shape index (κ1) is 15.7. The largest absolute Gasteiger partial charge is 0.494 e. The molecule has 8 heteroatoms. The van der Waals surface area contributed by atoms with Gasteiger partial charge in [-0.1, -0.05) is 0 Å². The second kappa shape index (κ2) is 6.42. The number of halogens is 1. The number of methoxy groups -OCH3 is 1. The highest BCUT2D eigenvalue weighted by molar-refractivity contribution is 6.31. The molecular weight excluding hydrogens is 295 g/mol. The monoisotopic (exact) mass is 310 g/mol. The standard InChI is InChI=1S/C14H15FN2O5/c1-22-11-8-9(2-3-10(11)15)12(18)16-4-6-17(7-5-16)13(19)14(20)21/h2-3,8H,4-7H2,1H3,(H,20,21). The Kier molecular flexibility index (Phi) is 4.59. The molecule has 0 unspecified atom stereocenters. The molecule has 0 atom stereocenters. The van der Waals surface area contributed by atoms with Crippen molar-refractivity contribution in [3.05, 3.63) is 29.6 Å². The molecule has 1 aliphatic rings. The summed E-state index contributed by atoms with van der Waals surface area (Å²) in [6.45, 7) is 0.736. The van der Waals surface area contributed by atoms with Crippen LogP contribution in [0.3, 0.4) is 0 Å². The van der Waals surface area contributed by atoms with Crippen molar-refractivity contribution in [1.29, 1.82) is 0 Å². The van der Waals surface area contributed by atoms with Gasteiger partial charge in [0.1, 0.15) is 0 Å². The molecule has 0 radical (unpaired) electrons. The van der Waals surface area contributed by atoms with E-state index in [0.29, 0.717) is 0 Å². The molecule has 0 saturated carbocycles. The molecule has 1 saturated heterocycles. The lowest BCUT2D eigenvalue weighted by Gasteiger charge is -2.33. The van der Waals surface area contributed by atoms with Crippen LogP contribution in [0.15, 0.2) is 18.2 Å². The Morgan fingerprint density at radius 1 is 1.14 bits per heavy atom. The van der Waals surface area contributed by atoms with Crippen LogP contribution in [-0.2, 0) is 9.59 Å². The molecule has 1 aromatic rings. The third kappa shape index (κ3) is 3.16. The molecule has 0 aromatic heterocycles. The fourth-order valence-corrected chi connectivity index (χ4v) is 2.22. The number of hydrogen-bond donors (Lipinski definition) is 1. The number of nitrogens with zero attached hydrogens (tertiary/aromatic N) is 2. The molecule has 118 valence electrons. The number of aliphatic carboxylic acids is 1. The van der Waals surface area contributed by atoms with Gasteiger partial charge in [-0.15, -0.1) is 0 Å². The average Bonchev–Trinajstić information content (AvgIpc) is 2.54. The number of carboxylic acids is 1. The minimum atomic E-state index is -1.51. The van der Waals surface area contributed by atoms with E-state index in [1.165, 1.54) is 29.0 Å². The van der Waals surface area contributed by atoms with E-state index in [-0.39, 0.29) is 43.4 Å². The topological polar surface area (TPSA) is 87.2 Å². The first-order chi connectivity index (χ1) is 10.4. The molecule has 1 N–H and O–H groups in total. The Morgan fingerprint density at radius 2 is 1.73 bits per heavy atom. The van der Waals surface area contributed by atoms with Crippen LogP contribution in [0, 0.1) is 5.82 Å². The number of carbonyl (C=O) groups is 3. The Morgan fingerprint density at radius 3 is 2.27 bits per heavy atom. The van der Waals surface area contributed by atoms with Gasteiger partial charge in [0.2, 0.25) is 0 Å². The summed E-state index contributed by atoms with van der Waals surface area (Å²) in [5.74, 6) is -3.39. The summed E-state index contributed by atoms with van der Waals surface area (Å²) in [6, 6.07) is 3.82. The molecule has 2 rings (SSSR count). The van der Waals surface area contributed by atoms with Crippen molar-refractivity contribution in [3.8, 4) is 5.75 Å². The zero-order chi connectivity index (χ0) is 16.3. The molecule has 0 spiro atoms. The van der Waals surface area contributed by atoms with Gasteiger partial charge in [-0.05, 0) is 18.2 Å². The van der Waals surface area contributed by atoms with Gasteiger partial charge in [0, 0.05) is 31.7 Å². The zero-order valence-corrected chi connectivity index (χ0v) is 11.9. The minimum absolute atomic E-state index is 0.0226. The lowest BCUT2D eigenvalue weighted by atomic mass is 10.1. The van der Waals surface area contributed by atoms with E-state index < -0.39 is 17.7 Å². The average molecular weight is 310 g/mol. The predicted octanol–water partition coefficient (Wildman–Crippen LogP) is 0.203. The van der Waals surface area contributed by atoms with Crippen molar-refractivity contribution < 1.29 is 28.6 Å². The molecule has 1 aromatic carbocycles. The van der Waals surface area contributed by atoms with Crippen molar-refractivity contribution in [1.82, 2.24) is 9.80 Å². The van der Waals surface area contributed by atoms with Crippen molar-refractivity contribution in [2.24, 2.45) is 0 Å². The third-order valence-electron chi connectivity index (χ3n) is 3.44. The van der Waals surface area contributed by atoms with E-state index in [2.05, 4.69) is 0 Å². The maximum Gasteiger partial charge on any atom is 0.394 e. The van der Waals surface area contributed by atoms with Crippen LogP contribution in [0.25, 0.3) is 0 Å². The lowest BCUT2D eigenvalue weighted by Crippen LogP contribution is -2.52. The summed E-state index contributed by atoms with van der Waals surface area (Å²) in [6.07, 6.45) is 0. The van der Waals surface area contributed by atoms with Gasteiger partial charge < -0.3 is 19.6 Å². The lowest BCUT2D eigenvalue weighted by molar-refractivity contribution is -0.156. The molecule has 0 aliphatic carbocycles. The number of carbonyl (C=O) groups excluding carboxylic acids is 2. The van der Waals surface area contributed by atoms with Crippen molar-refractivity contribution >= 4 is 17.8 Å². The summed E-state index contributed by atoms with van der Waals surface area (Å²) < 4.78 is 18.2. The normalized spacial score (nSPS) is 14.6. The number of ether oxygens (including phenoxy) is 1. The van der Waals surface area contributed by atoms with Gasteiger partial charge in [0.25, 0.3) is 5.91 Å². The third-order valence-corrected chi connectivity index (χ3v) is 3.44. The van der Waals surface area contributed by atoms with Crippen LogP contribution in [-0.4, -0.2) is 66.0 Å². The van der Waals surface area contributed by atoms with Gasteiger partial charge >= 0.3 is 11.9 Å². The van der Waals surface area contributed by atoms with E-state index in [1.807, 2.05) is 0 Å². The van der Waals surface area contributed by atoms with Gasteiger partial charge in [0.15, 0.2) is 11.6 Å². The molecule has 22 heavy (non-hydrogen) atoms. The maximum absolute atomic E-state index is 13.3. The second-order valence-electron chi connectivity index (χ2n) is 4.74. The summed E-state index contributed by atoms with van der Waals surface area (Å²) in [4.78, 5) is 36.9. The van der Waals surface area contributed by atoms with E-state index in [4.69, 9.17) is 9.84 Å². The highest BCUT2D eigenvalue weighted by Gasteiger charge is 2.28. The second-order valence-corrected chi connectivity index (χ2v) is 4.74. The quantitative estimate of drug-likeness (QED) is 0.789. The summed E-state index contributed by atoms with van der Waals surface area (Å²) >= 11 is 0. The van der Waals surface area contributed by atoms with Crippen LogP contribution >= 0.6 is 0 Å². The van der Waals surface area contributed by atoms with Crippen LogP contribution in [0.2, 0.25) is 0 Å². The summed E-state index contributed by atoms with van der Waals surface area (Å²) in [7, 11) is 1.31. The van der Waals surface area contributed by atoms with E-state index in [1.54, 1.807) is 0 Å². The van der Waals surface area contributed by atoms with E-state index in [0.717, 1.165) is 6.07 Å². The molecule has 2 amide bonds. The van der Waals surface area contributed by atoms with Gasteiger partial charge in [-0.3, -0.25) is 9.59 Å². The fraction of sp³-hybridized carbons (Fsp3) is 0.357. The minimum Gasteiger partial charge on any atom is -0.494 e. The molecule has 1 heterocycles. The number of hydrogen-bond acceptors (Lipinski definition) is 4. The Labute approximate surface area is 125 Å². The van der Waals surface area contributed by atoms with E-state index in [9.17, 15) is 18.8 Å². The Hall–Kier alpha value is -2.64. The number of rotatable bonds is 2. The summed E-state index contributed by atoms with van der Waals surface area (Å²) in [5, 5.41) is 8.65. The number of amides is 2. The highest BCUT2D eigenvalue weighted by atomic mass is 19.1. The molecule has 1 fully saturated rings. The van der Waals surface area contributed by atoms with Crippen LogP contribution in [0.4, 0.5) is 4.39 Å². The molecule has 1 aliphatic heterocycles. The predicted molar refractivity (Wildman–Crippen MR) is 73.1 cm³/mol. The molecule has 0 bridgehead atoms. The van der Waals surface area contributed by atoms with Crippen molar-refractivity contribution in [2.75, 3.05) is 33.3 Å². The van der Waals surface area contributed by atoms with Crippen LogP contribution in [0.5, 0.6) is 5.75 Å². The van der Waals surface area contributed by atoms with Gasteiger partial charge in [-0.2, -0.15) is 0 Å². The SMILES string of the molecule is COc1cc(C(=O)N2CCN(C(=O)C(=O)O)CC2)ccc1F. The zero-order valence-electron chi connectivity index (χ0n) is 11.9. The van der Waals surface area contributed by atoms with Crippen LogP contribution in [0.1, 0.15) is 10.4 Å². The smallest absolute Gasteiger partial charge is 0.394 e. The number of benzene rings is 1. The van der Waals surface area contributed by atoms with Gasteiger partial charge in [-0.25, -0.2) is 9.18 Å². The molecular formula is C14H15FN2O5. The fourth-order valence-electron chi connectivity index (χ4n) is 2.22.